The summed E-state index contributed by atoms with van der Waals surface area (Å²) >= 11 is 3.39. The number of esters is 1. The average molecular weight is 209 g/mol. The maximum Gasteiger partial charge on any atom is 0.302 e. The van der Waals surface area contributed by atoms with E-state index in [1.54, 1.807) is 0 Å². The molecule has 10 heavy (non-hydrogen) atoms. The van der Waals surface area contributed by atoms with E-state index < -0.39 is 0 Å². The largest absolute Gasteiger partial charge is 0.465 e. The van der Waals surface area contributed by atoms with Gasteiger partial charge in [-0.25, -0.2) is 0 Å². The van der Waals surface area contributed by atoms with Crippen molar-refractivity contribution >= 4 is 21.9 Å². The van der Waals surface area contributed by atoms with Gasteiger partial charge in [-0.05, 0) is 6.42 Å². The second kappa shape index (κ2) is 5.71. The Morgan fingerprint density at radius 3 is 2.70 bits per heavy atom. The number of carbonyl (C=O) groups excluding carboxylic acids is 1. The van der Waals surface area contributed by atoms with Gasteiger partial charge < -0.3 is 4.74 Å². The van der Waals surface area contributed by atoms with E-state index in [-0.39, 0.29) is 5.97 Å². The lowest BCUT2D eigenvalue weighted by Crippen LogP contribution is -2.10. The van der Waals surface area contributed by atoms with Gasteiger partial charge in [0.25, 0.3) is 0 Å². The molecule has 0 aliphatic rings. The lowest BCUT2D eigenvalue weighted by molar-refractivity contribution is -0.140. The Bertz CT molecular complexity index is 104. The molecule has 3 heteroatoms. The van der Waals surface area contributed by atoms with Gasteiger partial charge in [-0.3, -0.25) is 4.79 Å². The maximum atomic E-state index is 10.3. The lowest BCUT2D eigenvalue weighted by atomic mass is 10.3. The molecule has 2 nitrogen and oxygen atoms in total. The van der Waals surface area contributed by atoms with Crippen molar-refractivity contribution < 1.29 is 9.53 Å². The number of halogens is 1. The number of hydrogen-bond acceptors (Lipinski definition) is 2. The minimum atomic E-state index is -0.208. The Morgan fingerprint density at radius 2 is 2.30 bits per heavy atom. The third-order valence-corrected chi connectivity index (χ3v) is 1.79. The summed E-state index contributed by atoms with van der Waals surface area (Å²) in [5, 5.41) is 0. The predicted molar refractivity (Wildman–Crippen MR) is 44.3 cm³/mol. The van der Waals surface area contributed by atoms with Gasteiger partial charge in [0.15, 0.2) is 0 Å². The van der Waals surface area contributed by atoms with E-state index in [9.17, 15) is 4.79 Å². The zero-order valence-electron chi connectivity index (χ0n) is 6.39. The molecule has 0 radical (unpaired) electrons. The number of hydrogen-bond donors (Lipinski definition) is 0. The minimum Gasteiger partial charge on any atom is -0.465 e. The van der Waals surface area contributed by atoms with Crippen molar-refractivity contribution in [2.75, 3.05) is 6.61 Å². The van der Waals surface area contributed by atoms with E-state index in [0.29, 0.717) is 11.4 Å². The Hall–Kier alpha value is -0.0500. The molecule has 0 heterocycles. The summed E-state index contributed by atoms with van der Waals surface area (Å²) in [4.78, 5) is 10.6. The van der Waals surface area contributed by atoms with Crippen LogP contribution in [-0.2, 0) is 9.53 Å². The molecule has 0 spiro atoms. The van der Waals surface area contributed by atoms with E-state index in [4.69, 9.17) is 4.74 Å². The summed E-state index contributed by atoms with van der Waals surface area (Å²) in [5.41, 5.74) is 0. The highest BCUT2D eigenvalue weighted by molar-refractivity contribution is 9.09. The summed E-state index contributed by atoms with van der Waals surface area (Å²) in [6.45, 7) is 4.01. The maximum absolute atomic E-state index is 10.3. The molecule has 0 aromatic carbocycles. The predicted octanol–water partition coefficient (Wildman–Crippen LogP) is 2.11. The fourth-order valence-electron chi connectivity index (χ4n) is 0.604. The van der Waals surface area contributed by atoms with Gasteiger partial charge in [-0.2, -0.15) is 0 Å². The highest BCUT2D eigenvalue weighted by atomic mass is 79.9. The number of carbonyl (C=O) groups is 1. The first-order valence-corrected chi connectivity index (χ1v) is 4.35. The van der Waals surface area contributed by atoms with Crippen molar-refractivity contribution in [2.45, 2.75) is 31.5 Å². The molecule has 0 N–H and O–H groups in total. The molecule has 0 saturated heterocycles. The summed E-state index contributed by atoms with van der Waals surface area (Å²) < 4.78 is 4.77. The Labute approximate surface area is 70.1 Å². The fourth-order valence-corrected chi connectivity index (χ4v) is 1.19. The molecule has 0 bridgehead atoms. The van der Waals surface area contributed by atoms with Crippen LogP contribution in [0.5, 0.6) is 0 Å². The van der Waals surface area contributed by atoms with Gasteiger partial charge in [-0.15, -0.1) is 0 Å². The van der Waals surface area contributed by atoms with Crippen molar-refractivity contribution in [3.63, 3.8) is 0 Å². The third kappa shape index (κ3) is 6.08. The molecule has 0 aliphatic carbocycles. The van der Waals surface area contributed by atoms with Crippen molar-refractivity contribution in [1.82, 2.24) is 0 Å². The molecule has 0 aromatic rings. The topological polar surface area (TPSA) is 26.3 Å². The first-order valence-electron chi connectivity index (χ1n) is 3.44. The molecular weight excluding hydrogens is 196 g/mol. The Balaban J connectivity index is 3.21. The molecule has 0 amide bonds. The summed E-state index contributed by atoms with van der Waals surface area (Å²) in [6.07, 6.45) is 2.16. The lowest BCUT2D eigenvalue weighted by Gasteiger charge is -2.06. The van der Waals surface area contributed by atoms with Crippen LogP contribution >= 0.6 is 15.9 Å². The minimum absolute atomic E-state index is 0.208. The van der Waals surface area contributed by atoms with E-state index in [2.05, 4.69) is 22.9 Å². The van der Waals surface area contributed by atoms with Crippen molar-refractivity contribution in [1.29, 1.82) is 0 Å². The van der Waals surface area contributed by atoms with Gasteiger partial charge in [0, 0.05) is 11.8 Å². The number of rotatable bonds is 4. The molecule has 0 rings (SSSR count). The van der Waals surface area contributed by atoms with Gasteiger partial charge in [0.05, 0.1) is 0 Å². The number of ether oxygens (including phenoxy) is 1. The zero-order chi connectivity index (χ0) is 7.98. The van der Waals surface area contributed by atoms with Gasteiger partial charge in [0.1, 0.15) is 6.61 Å². The molecule has 1 atom stereocenters. The van der Waals surface area contributed by atoms with E-state index in [1.165, 1.54) is 6.92 Å². The zero-order valence-corrected chi connectivity index (χ0v) is 7.98. The van der Waals surface area contributed by atoms with Crippen LogP contribution in [0.15, 0.2) is 0 Å². The smallest absolute Gasteiger partial charge is 0.302 e. The average Bonchev–Trinajstić information content (AvgIpc) is 1.85. The van der Waals surface area contributed by atoms with E-state index in [1.807, 2.05) is 0 Å². The van der Waals surface area contributed by atoms with E-state index >= 15 is 0 Å². The summed E-state index contributed by atoms with van der Waals surface area (Å²) in [7, 11) is 0. The van der Waals surface area contributed by atoms with Crippen LogP contribution in [0.3, 0.4) is 0 Å². The quantitative estimate of drug-likeness (QED) is 0.523. The SMILES string of the molecule is CCCC(Br)COC(C)=O. The molecule has 1 unspecified atom stereocenters. The Kier molecular flexibility index (Phi) is 5.69. The van der Waals surface area contributed by atoms with Crippen LogP contribution in [0.2, 0.25) is 0 Å². The van der Waals surface area contributed by atoms with Gasteiger partial charge >= 0.3 is 5.97 Å². The van der Waals surface area contributed by atoms with E-state index in [0.717, 1.165) is 12.8 Å². The standard InChI is InChI=1S/C7H13BrO2/c1-3-4-7(8)5-10-6(2)9/h7H,3-5H2,1-2H3. The highest BCUT2D eigenvalue weighted by Crippen LogP contribution is 2.07. The molecule has 60 valence electrons. The van der Waals surface area contributed by atoms with Crippen LogP contribution in [0.4, 0.5) is 0 Å². The first kappa shape index (κ1) is 9.95. The van der Waals surface area contributed by atoms with Crippen molar-refractivity contribution in [2.24, 2.45) is 0 Å². The normalized spacial score (nSPS) is 12.7. The highest BCUT2D eigenvalue weighted by Gasteiger charge is 2.03. The Morgan fingerprint density at radius 1 is 1.70 bits per heavy atom. The van der Waals surface area contributed by atoms with Gasteiger partial charge in [-0.1, -0.05) is 29.3 Å². The van der Waals surface area contributed by atoms with Crippen molar-refractivity contribution in [3.05, 3.63) is 0 Å². The molecule has 0 fully saturated rings. The van der Waals surface area contributed by atoms with Crippen LogP contribution in [0, 0.1) is 0 Å². The molecule has 0 saturated carbocycles. The number of alkyl halides is 1. The monoisotopic (exact) mass is 208 g/mol. The first-order chi connectivity index (χ1) is 4.66. The van der Waals surface area contributed by atoms with Crippen LogP contribution in [0.25, 0.3) is 0 Å². The molecule has 0 aromatic heterocycles. The fraction of sp³-hybridized carbons (Fsp3) is 0.857. The van der Waals surface area contributed by atoms with Gasteiger partial charge in [0.2, 0.25) is 0 Å². The summed E-state index contributed by atoms with van der Waals surface area (Å²) in [6, 6.07) is 0. The second-order valence-corrected chi connectivity index (χ2v) is 3.48. The van der Waals surface area contributed by atoms with Crippen LogP contribution in [0.1, 0.15) is 26.7 Å². The van der Waals surface area contributed by atoms with Crippen LogP contribution in [-0.4, -0.2) is 17.4 Å². The third-order valence-electron chi connectivity index (χ3n) is 1.07. The molecular formula is C7H13BrO2. The summed E-state index contributed by atoms with van der Waals surface area (Å²) in [5.74, 6) is -0.208. The van der Waals surface area contributed by atoms with Crippen LogP contribution < -0.4 is 0 Å². The molecule has 0 aliphatic heterocycles. The van der Waals surface area contributed by atoms with Crippen molar-refractivity contribution in [3.8, 4) is 0 Å². The second-order valence-electron chi connectivity index (χ2n) is 2.19.